The van der Waals surface area contributed by atoms with Crippen molar-refractivity contribution in [2.75, 3.05) is 6.61 Å². The number of nitrogens with zero attached hydrogens (tertiary/aromatic N) is 1. The van der Waals surface area contributed by atoms with Crippen LogP contribution in [-0.4, -0.2) is 23.9 Å². The number of nitrogens with two attached hydrogens (primary N) is 2. The molecule has 4 N–H and O–H groups in total. The number of guanidine groups is 1. The Kier molecular flexibility index (Phi) is 6.13. The van der Waals surface area contributed by atoms with E-state index < -0.39 is 11.3 Å². The highest BCUT2D eigenvalue weighted by atomic mass is 32.1. The van der Waals surface area contributed by atoms with Crippen molar-refractivity contribution in [2.24, 2.45) is 16.5 Å². The molecule has 13 heavy (non-hydrogen) atoms. The number of esters is 1. The van der Waals surface area contributed by atoms with E-state index in [1.807, 2.05) is 6.92 Å². The Morgan fingerprint density at radius 3 is 2.69 bits per heavy atom. The summed E-state index contributed by atoms with van der Waals surface area (Å²) in [4.78, 5) is 14.6. The van der Waals surface area contributed by atoms with Gasteiger partial charge in [0.2, 0.25) is 0 Å². The fraction of sp³-hybridized carbons (Fsp3) is 0.714. The zero-order chi connectivity index (χ0) is 10.3. The first kappa shape index (κ1) is 12.1. The Bertz CT molecular complexity index is 192. The summed E-state index contributed by atoms with van der Waals surface area (Å²) in [5, 5.41) is -0.915. The standard InChI is InChI=1S/C7H15N3O2S/c1-2-3-4-12-6(11)5(13)10-7(8)9/h5,13H,2-4H2,1H3,(H4,8,9,10). The van der Waals surface area contributed by atoms with E-state index >= 15 is 0 Å². The van der Waals surface area contributed by atoms with E-state index in [1.165, 1.54) is 0 Å². The van der Waals surface area contributed by atoms with Crippen molar-refractivity contribution in [3.63, 3.8) is 0 Å². The van der Waals surface area contributed by atoms with E-state index in [4.69, 9.17) is 16.2 Å². The number of aliphatic imine (C=N–C) groups is 1. The van der Waals surface area contributed by atoms with Gasteiger partial charge in [-0.25, -0.2) is 9.79 Å². The molecule has 5 nitrogen and oxygen atoms in total. The van der Waals surface area contributed by atoms with Gasteiger partial charge in [0.05, 0.1) is 6.61 Å². The van der Waals surface area contributed by atoms with E-state index in [-0.39, 0.29) is 5.96 Å². The summed E-state index contributed by atoms with van der Waals surface area (Å²) in [5.41, 5.74) is 10.1. The van der Waals surface area contributed by atoms with Crippen LogP contribution in [-0.2, 0) is 9.53 Å². The quantitative estimate of drug-likeness (QED) is 0.191. The normalized spacial score (nSPS) is 11.8. The summed E-state index contributed by atoms with van der Waals surface area (Å²) < 4.78 is 4.81. The fourth-order valence-electron chi connectivity index (χ4n) is 0.586. The number of hydrogen-bond acceptors (Lipinski definition) is 4. The minimum absolute atomic E-state index is 0.174. The van der Waals surface area contributed by atoms with Crippen molar-refractivity contribution < 1.29 is 9.53 Å². The van der Waals surface area contributed by atoms with E-state index in [2.05, 4.69) is 17.6 Å². The van der Waals surface area contributed by atoms with Crippen molar-refractivity contribution in [1.29, 1.82) is 0 Å². The average Bonchev–Trinajstić information content (AvgIpc) is 2.03. The minimum Gasteiger partial charge on any atom is -0.463 e. The van der Waals surface area contributed by atoms with Gasteiger partial charge in [-0.1, -0.05) is 13.3 Å². The molecule has 76 valence electrons. The Balaban J connectivity index is 3.76. The van der Waals surface area contributed by atoms with Crippen LogP contribution in [0.25, 0.3) is 0 Å². The van der Waals surface area contributed by atoms with Crippen LogP contribution in [0, 0.1) is 0 Å². The average molecular weight is 205 g/mol. The zero-order valence-electron chi connectivity index (χ0n) is 7.56. The van der Waals surface area contributed by atoms with E-state index in [1.54, 1.807) is 0 Å². The summed E-state index contributed by atoms with van der Waals surface area (Å²) in [7, 11) is 0. The first-order chi connectivity index (χ1) is 6.07. The van der Waals surface area contributed by atoms with Crippen LogP contribution in [0.4, 0.5) is 0 Å². The molecule has 0 spiro atoms. The van der Waals surface area contributed by atoms with Gasteiger partial charge in [-0.05, 0) is 6.42 Å². The first-order valence-corrected chi connectivity index (χ1v) is 4.53. The number of rotatable bonds is 5. The molecule has 0 heterocycles. The maximum atomic E-state index is 11.0. The second-order valence-corrected chi connectivity index (χ2v) is 2.94. The summed E-state index contributed by atoms with van der Waals surface area (Å²) >= 11 is 3.84. The Labute approximate surface area is 82.9 Å². The summed E-state index contributed by atoms with van der Waals surface area (Å²) in [5.74, 6) is -0.697. The van der Waals surface area contributed by atoms with Gasteiger partial charge in [-0.15, -0.1) is 12.6 Å². The maximum absolute atomic E-state index is 11.0. The summed E-state index contributed by atoms with van der Waals surface area (Å²) in [6.45, 7) is 2.38. The number of hydrogen-bond donors (Lipinski definition) is 3. The Morgan fingerprint density at radius 1 is 1.62 bits per heavy atom. The lowest BCUT2D eigenvalue weighted by Crippen LogP contribution is -2.27. The van der Waals surface area contributed by atoms with Crippen LogP contribution in [0.15, 0.2) is 4.99 Å². The van der Waals surface area contributed by atoms with Gasteiger partial charge in [0.1, 0.15) is 0 Å². The third-order valence-corrected chi connectivity index (χ3v) is 1.55. The van der Waals surface area contributed by atoms with Gasteiger partial charge < -0.3 is 16.2 Å². The summed E-state index contributed by atoms with van der Waals surface area (Å²) in [6, 6.07) is 0. The monoisotopic (exact) mass is 205 g/mol. The lowest BCUT2D eigenvalue weighted by Gasteiger charge is -2.06. The fourth-order valence-corrected chi connectivity index (χ4v) is 0.793. The largest absolute Gasteiger partial charge is 0.463 e. The van der Waals surface area contributed by atoms with E-state index in [0.717, 1.165) is 12.8 Å². The number of carbonyl (C=O) groups excluding carboxylic acids is 1. The highest BCUT2D eigenvalue weighted by Gasteiger charge is 2.13. The van der Waals surface area contributed by atoms with Crippen LogP contribution in [0.1, 0.15) is 19.8 Å². The lowest BCUT2D eigenvalue weighted by molar-refractivity contribution is -0.142. The number of unbranched alkanes of at least 4 members (excludes halogenated alkanes) is 1. The number of thiol groups is 1. The minimum atomic E-state index is -0.915. The van der Waals surface area contributed by atoms with Gasteiger partial charge in [0, 0.05) is 0 Å². The Hall–Kier alpha value is -0.910. The van der Waals surface area contributed by atoms with Crippen molar-refractivity contribution >= 4 is 24.6 Å². The van der Waals surface area contributed by atoms with Crippen LogP contribution in [0.3, 0.4) is 0 Å². The molecule has 0 aliphatic rings. The van der Waals surface area contributed by atoms with E-state index in [0.29, 0.717) is 6.61 Å². The maximum Gasteiger partial charge on any atom is 0.341 e. The molecular formula is C7H15N3O2S. The third-order valence-electron chi connectivity index (χ3n) is 1.22. The van der Waals surface area contributed by atoms with Crippen molar-refractivity contribution in [3.05, 3.63) is 0 Å². The SMILES string of the molecule is CCCCOC(=O)C(S)N=C(N)N. The van der Waals surface area contributed by atoms with Gasteiger partial charge in [0.15, 0.2) is 11.3 Å². The molecule has 0 aliphatic heterocycles. The molecule has 1 atom stereocenters. The first-order valence-electron chi connectivity index (χ1n) is 4.01. The molecule has 0 saturated carbocycles. The predicted octanol–water partition coefficient (Wildman–Crippen LogP) is -0.141. The number of carbonyl (C=O) groups is 1. The van der Waals surface area contributed by atoms with Crippen molar-refractivity contribution in [1.82, 2.24) is 0 Å². The second kappa shape index (κ2) is 6.59. The molecule has 0 rings (SSSR count). The smallest absolute Gasteiger partial charge is 0.341 e. The molecule has 1 unspecified atom stereocenters. The van der Waals surface area contributed by atoms with E-state index in [9.17, 15) is 4.79 Å². The highest BCUT2D eigenvalue weighted by molar-refractivity contribution is 7.81. The predicted molar refractivity (Wildman–Crippen MR) is 54.5 cm³/mol. The van der Waals surface area contributed by atoms with Crippen LogP contribution < -0.4 is 11.5 Å². The lowest BCUT2D eigenvalue weighted by atomic mass is 10.4. The van der Waals surface area contributed by atoms with Crippen LogP contribution in [0.5, 0.6) is 0 Å². The third kappa shape index (κ3) is 6.27. The molecule has 0 saturated heterocycles. The molecule has 0 aromatic rings. The molecule has 0 aromatic heterocycles. The number of ether oxygens (including phenoxy) is 1. The molecule has 6 heteroatoms. The topological polar surface area (TPSA) is 90.7 Å². The van der Waals surface area contributed by atoms with Gasteiger partial charge in [-0.3, -0.25) is 0 Å². The van der Waals surface area contributed by atoms with Crippen molar-refractivity contribution in [2.45, 2.75) is 25.1 Å². The molecule has 0 fully saturated rings. The summed E-state index contributed by atoms with van der Waals surface area (Å²) in [6.07, 6.45) is 1.79. The van der Waals surface area contributed by atoms with Gasteiger partial charge >= 0.3 is 5.97 Å². The molecule has 0 bridgehead atoms. The second-order valence-electron chi connectivity index (χ2n) is 2.45. The molecule has 0 aliphatic carbocycles. The van der Waals surface area contributed by atoms with Gasteiger partial charge in [0.25, 0.3) is 0 Å². The Morgan fingerprint density at radius 2 is 2.23 bits per heavy atom. The molecule has 0 amide bonds. The highest BCUT2D eigenvalue weighted by Crippen LogP contribution is 2.00. The van der Waals surface area contributed by atoms with Crippen LogP contribution >= 0.6 is 12.6 Å². The van der Waals surface area contributed by atoms with Crippen LogP contribution in [0.2, 0.25) is 0 Å². The molecule has 0 radical (unpaired) electrons. The molecular weight excluding hydrogens is 190 g/mol. The van der Waals surface area contributed by atoms with Crippen molar-refractivity contribution in [3.8, 4) is 0 Å². The molecule has 0 aromatic carbocycles. The zero-order valence-corrected chi connectivity index (χ0v) is 8.46. The van der Waals surface area contributed by atoms with Gasteiger partial charge in [-0.2, -0.15) is 0 Å².